The number of hydrogen-bond acceptors (Lipinski definition) is 4. The molecule has 8 heteroatoms. The molecule has 0 aliphatic rings. The Hall–Kier alpha value is -1.22. The molecule has 0 atom stereocenters. The van der Waals surface area contributed by atoms with Gasteiger partial charge in [-0.05, 0) is 25.1 Å². The van der Waals surface area contributed by atoms with Crippen LogP contribution in [0.25, 0.3) is 0 Å². The normalized spacial score (nSPS) is 11.6. The summed E-state index contributed by atoms with van der Waals surface area (Å²) >= 11 is 0. The summed E-state index contributed by atoms with van der Waals surface area (Å²) in [6.45, 7) is 0.784. The van der Waals surface area contributed by atoms with Gasteiger partial charge < -0.3 is 10.5 Å². The van der Waals surface area contributed by atoms with Gasteiger partial charge in [0.1, 0.15) is 5.82 Å². The summed E-state index contributed by atoms with van der Waals surface area (Å²) in [4.78, 5) is 0. The van der Waals surface area contributed by atoms with E-state index < -0.39 is 16.0 Å². The minimum absolute atomic E-state index is 0.00543. The molecule has 0 aromatic heterocycles. The lowest BCUT2D eigenvalue weighted by Gasteiger charge is -2.24. The number of para-hydroxylation sites is 1. The lowest BCUT2D eigenvalue weighted by molar-refractivity contribution is 0.204. The summed E-state index contributed by atoms with van der Waals surface area (Å²) in [5.74, 6) is -0.596. The van der Waals surface area contributed by atoms with E-state index in [1.807, 2.05) is 0 Å². The molecule has 0 radical (unpaired) electrons. The van der Waals surface area contributed by atoms with E-state index in [0.717, 1.165) is 4.31 Å². The van der Waals surface area contributed by atoms with E-state index in [4.69, 9.17) is 10.5 Å². The van der Waals surface area contributed by atoms with Crippen molar-refractivity contribution in [3.05, 3.63) is 30.1 Å². The van der Waals surface area contributed by atoms with Gasteiger partial charge in [0, 0.05) is 20.2 Å². The van der Waals surface area contributed by atoms with E-state index in [1.54, 1.807) is 6.07 Å². The Morgan fingerprint density at radius 1 is 1.40 bits per heavy atom. The van der Waals surface area contributed by atoms with Gasteiger partial charge in [-0.2, -0.15) is 13.1 Å². The number of nitrogens with two attached hydrogens (primary N) is 1. The second kappa shape index (κ2) is 8.15. The zero-order valence-corrected chi connectivity index (χ0v) is 12.2. The van der Waals surface area contributed by atoms with Crippen molar-refractivity contribution in [3.63, 3.8) is 0 Å². The quantitative estimate of drug-likeness (QED) is 0.649. The highest BCUT2D eigenvalue weighted by molar-refractivity contribution is 7.90. The van der Waals surface area contributed by atoms with E-state index in [1.165, 1.54) is 25.3 Å². The van der Waals surface area contributed by atoms with E-state index in [2.05, 4.69) is 4.72 Å². The first-order valence-electron chi connectivity index (χ1n) is 6.23. The Morgan fingerprint density at radius 3 is 2.70 bits per heavy atom. The number of halogens is 1. The zero-order chi connectivity index (χ0) is 15.0. The third kappa shape index (κ3) is 4.71. The van der Waals surface area contributed by atoms with Gasteiger partial charge in [-0.3, -0.25) is 4.31 Å². The maximum absolute atomic E-state index is 13.8. The van der Waals surface area contributed by atoms with Crippen molar-refractivity contribution in [2.45, 2.75) is 6.42 Å². The van der Waals surface area contributed by atoms with E-state index in [9.17, 15) is 12.8 Å². The summed E-state index contributed by atoms with van der Waals surface area (Å²) in [5, 5.41) is 0. The lowest BCUT2D eigenvalue weighted by atomic mass is 10.3. The molecule has 0 spiro atoms. The van der Waals surface area contributed by atoms with Crippen LogP contribution in [0.5, 0.6) is 0 Å². The van der Waals surface area contributed by atoms with Gasteiger partial charge in [-0.25, -0.2) is 4.39 Å². The molecule has 0 bridgehead atoms. The van der Waals surface area contributed by atoms with Crippen LogP contribution in [0.3, 0.4) is 0 Å². The Bertz CT molecular complexity index is 510. The van der Waals surface area contributed by atoms with Crippen molar-refractivity contribution in [1.82, 2.24) is 4.72 Å². The Balaban J connectivity index is 2.97. The summed E-state index contributed by atoms with van der Waals surface area (Å²) in [5.41, 5.74) is 5.41. The number of benzene rings is 1. The van der Waals surface area contributed by atoms with Crippen LogP contribution in [-0.4, -0.2) is 41.8 Å². The van der Waals surface area contributed by atoms with Crippen molar-refractivity contribution >= 4 is 15.9 Å². The molecule has 1 rings (SSSR count). The number of methoxy groups -OCH3 is 1. The number of hydrogen-bond donors (Lipinski definition) is 2. The van der Waals surface area contributed by atoms with Crippen LogP contribution < -0.4 is 14.8 Å². The Kier molecular flexibility index (Phi) is 6.86. The fourth-order valence-electron chi connectivity index (χ4n) is 1.61. The average Bonchev–Trinajstić information content (AvgIpc) is 2.41. The molecule has 0 fully saturated rings. The smallest absolute Gasteiger partial charge is 0.301 e. The van der Waals surface area contributed by atoms with Gasteiger partial charge in [-0.15, -0.1) is 0 Å². The second-order valence-electron chi connectivity index (χ2n) is 4.06. The molecule has 0 aliphatic heterocycles. The Labute approximate surface area is 118 Å². The van der Waals surface area contributed by atoms with Crippen LogP contribution in [0, 0.1) is 5.82 Å². The van der Waals surface area contributed by atoms with Crippen LogP contribution in [0.2, 0.25) is 0 Å². The SMILES string of the molecule is COCCNS(=O)(=O)N(CCCN)c1ccccc1F. The largest absolute Gasteiger partial charge is 0.383 e. The van der Waals surface area contributed by atoms with Gasteiger partial charge in [-0.1, -0.05) is 12.1 Å². The molecular formula is C12H20FN3O3S. The molecular weight excluding hydrogens is 285 g/mol. The van der Waals surface area contributed by atoms with Crippen molar-refractivity contribution in [2.75, 3.05) is 37.7 Å². The summed E-state index contributed by atoms with van der Waals surface area (Å²) in [6.07, 6.45) is 0.430. The highest BCUT2D eigenvalue weighted by atomic mass is 32.2. The maximum Gasteiger partial charge on any atom is 0.301 e. The average molecular weight is 305 g/mol. The third-order valence-corrected chi connectivity index (χ3v) is 4.10. The fraction of sp³-hybridized carbons (Fsp3) is 0.500. The predicted octanol–water partition coefficient (Wildman–Crippen LogP) is 0.462. The minimum Gasteiger partial charge on any atom is -0.383 e. The standard InChI is InChI=1S/C12H20FN3O3S/c1-19-10-8-15-20(17,18)16(9-4-7-14)12-6-3-2-5-11(12)13/h2-3,5-6,15H,4,7-10,14H2,1H3. The molecule has 0 amide bonds. The number of anilines is 1. The summed E-state index contributed by atoms with van der Waals surface area (Å²) in [6, 6.07) is 5.72. The number of rotatable bonds is 9. The number of nitrogens with zero attached hydrogens (tertiary/aromatic N) is 1. The molecule has 114 valence electrons. The lowest BCUT2D eigenvalue weighted by Crippen LogP contribution is -2.43. The summed E-state index contributed by atoms with van der Waals surface area (Å²) in [7, 11) is -2.37. The van der Waals surface area contributed by atoms with Gasteiger partial charge >= 0.3 is 10.2 Å². The third-order valence-electron chi connectivity index (χ3n) is 2.57. The molecule has 0 saturated heterocycles. The van der Waals surface area contributed by atoms with Crippen LogP contribution in [0.15, 0.2) is 24.3 Å². The highest BCUT2D eigenvalue weighted by Gasteiger charge is 2.23. The van der Waals surface area contributed by atoms with Crippen LogP contribution in [0.1, 0.15) is 6.42 Å². The first kappa shape index (κ1) is 16.8. The van der Waals surface area contributed by atoms with Crippen molar-refractivity contribution in [3.8, 4) is 0 Å². The van der Waals surface area contributed by atoms with Crippen LogP contribution >= 0.6 is 0 Å². The van der Waals surface area contributed by atoms with Crippen molar-refractivity contribution in [2.24, 2.45) is 5.73 Å². The molecule has 0 saturated carbocycles. The molecule has 1 aromatic carbocycles. The predicted molar refractivity (Wildman–Crippen MR) is 76.2 cm³/mol. The van der Waals surface area contributed by atoms with Crippen molar-refractivity contribution in [1.29, 1.82) is 0 Å². The maximum atomic E-state index is 13.8. The van der Waals surface area contributed by atoms with Gasteiger partial charge in [0.2, 0.25) is 0 Å². The number of nitrogens with one attached hydrogen (secondary N) is 1. The Morgan fingerprint density at radius 2 is 2.10 bits per heavy atom. The molecule has 0 unspecified atom stereocenters. The van der Waals surface area contributed by atoms with E-state index >= 15 is 0 Å². The molecule has 0 aliphatic carbocycles. The second-order valence-corrected chi connectivity index (χ2v) is 5.74. The van der Waals surface area contributed by atoms with Crippen molar-refractivity contribution < 1.29 is 17.5 Å². The van der Waals surface area contributed by atoms with Crippen LogP contribution in [-0.2, 0) is 14.9 Å². The summed E-state index contributed by atoms with van der Waals surface area (Å²) < 4.78 is 46.4. The van der Waals surface area contributed by atoms with Crippen LogP contribution in [0.4, 0.5) is 10.1 Å². The van der Waals surface area contributed by atoms with E-state index in [-0.39, 0.29) is 25.4 Å². The van der Waals surface area contributed by atoms with E-state index in [0.29, 0.717) is 13.0 Å². The number of ether oxygens (including phenoxy) is 1. The molecule has 0 heterocycles. The zero-order valence-electron chi connectivity index (χ0n) is 11.4. The minimum atomic E-state index is -3.83. The topological polar surface area (TPSA) is 84.7 Å². The highest BCUT2D eigenvalue weighted by Crippen LogP contribution is 2.21. The molecule has 20 heavy (non-hydrogen) atoms. The first-order valence-corrected chi connectivity index (χ1v) is 7.67. The fourth-order valence-corrected chi connectivity index (χ4v) is 2.88. The van der Waals surface area contributed by atoms with Gasteiger partial charge in [0.15, 0.2) is 0 Å². The van der Waals surface area contributed by atoms with Gasteiger partial charge in [0.05, 0.1) is 12.3 Å². The first-order chi connectivity index (χ1) is 9.53. The van der Waals surface area contributed by atoms with Gasteiger partial charge in [0.25, 0.3) is 0 Å². The molecule has 1 aromatic rings. The monoisotopic (exact) mass is 305 g/mol. The molecule has 6 nitrogen and oxygen atoms in total. The molecule has 3 N–H and O–H groups in total.